The van der Waals surface area contributed by atoms with Crippen molar-refractivity contribution in [3.05, 3.63) is 11.9 Å². The van der Waals surface area contributed by atoms with Crippen LogP contribution >= 0.6 is 0 Å². The van der Waals surface area contributed by atoms with E-state index >= 15 is 0 Å². The topological polar surface area (TPSA) is 56.3 Å². The molecular formula is C15H27N3O2. The van der Waals surface area contributed by atoms with Gasteiger partial charge in [0.15, 0.2) is 0 Å². The Morgan fingerprint density at radius 3 is 2.65 bits per heavy atom. The Kier molecular flexibility index (Phi) is 8.71. The zero-order valence-electron chi connectivity index (χ0n) is 12.9. The molecular weight excluding hydrogens is 254 g/mol. The predicted octanol–water partition coefficient (Wildman–Crippen LogP) is 3.06. The Labute approximate surface area is 122 Å². The minimum atomic E-state index is 0.672. The lowest BCUT2D eigenvalue weighted by molar-refractivity contribution is 0.197. The van der Waals surface area contributed by atoms with E-state index in [1.54, 1.807) is 7.11 Å². The quantitative estimate of drug-likeness (QED) is 0.632. The van der Waals surface area contributed by atoms with Crippen molar-refractivity contribution in [1.82, 2.24) is 9.97 Å². The first kappa shape index (κ1) is 16.7. The molecule has 0 aromatic carbocycles. The Morgan fingerprint density at radius 1 is 1.10 bits per heavy atom. The third-order valence-corrected chi connectivity index (χ3v) is 2.80. The summed E-state index contributed by atoms with van der Waals surface area (Å²) in [6.07, 6.45) is 5.02. The van der Waals surface area contributed by atoms with Gasteiger partial charge in [-0.2, -0.15) is 4.98 Å². The maximum atomic E-state index is 5.69. The second-order valence-electron chi connectivity index (χ2n) is 4.73. The van der Waals surface area contributed by atoms with Gasteiger partial charge in [0, 0.05) is 32.7 Å². The Balaban J connectivity index is 2.60. The number of rotatable bonds is 11. The highest BCUT2D eigenvalue weighted by atomic mass is 16.5. The van der Waals surface area contributed by atoms with Crippen LogP contribution in [0.4, 0.5) is 5.82 Å². The molecule has 0 fully saturated rings. The largest absolute Gasteiger partial charge is 0.478 e. The van der Waals surface area contributed by atoms with E-state index < -0.39 is 0 Å². The number of unbranched alkanes of at least 4 members (excludes halogenated alkanes) is 1. The highest BCUT2D eigenvalue weighted by Crippen LogP contribution is 2.15. The van der Waals surface area contributed by atoms with Gasteiger partial charge < -0.3 is 14.8 Å². The molecule has 0 aliphatic carbocycles. The van der Waals surface area contributed by atoms with Crippen LogP contribution in [0.5, 0.6) is 5.88 Å². The van der Waals surface area contributed by atoms with E-state index in [1.165, 1.54) is 0 Å². The summed E-state index contributed by atoms with van der Waals surface area (Å²) in [7, 11) is 1.71. The fraction of sp³-hybridized carbons (Fsp3) is 0.733. The van der Waals surface area contributed by atoms with Crippen LogP contribution in [0, 0.1) is 0 Å². The molecule has 0 amide bonds. The summed E-state index contributed by atoms with van der Waals surface area (Å²) >= 11 is 0. The summed E-state index contributed by atoms with van der Waals surface area (Å²) in [6.45, 7) is 6.57. The summed E-state index contributed by atoms with van der Waals surface area (Å²) in [5, 5.41) is 3.30. The van der Waals surface area contributed by atoms with Crippen molar-refractivity contribution >= 4 is 5.82 Å². The highest BCUT2D eigenvalue weighted by Gasteiger charge is 2.05. The van der Waals surface area contributed by atoms with Crippen molar-refractivity contribution in [3.8, 4) is 5.88 Å². The molecule has 0 saturated carbocycles. The van der Waals surface area contributed by atoms with E-state index in [1.807, 2.05) is 6.07 Å². The number of nitrogens with one attached hydrogen (secondary N) is 1. The molecule has 0 unspecified atom stereocenters. The SMILES string of the molecule is CCCCOc1cc(NCCCOC)nc(CCC)n1. The van der Waals surface area contributed by atoms with Gasteiger partial charge in [-0.05, 0) is 19.3 Å². The molecule has 1 aromatic heterocycles. The van der Waals surface area contributed by atoms with Crippen LogP contribution in [0.25, 0.3) is 0 Å². The van der Waals surface area contributed by atoms with Gasteiger partial charge in [0.1, 0.15) is 11.6 Å². The van der Waals surface area contributed by atoms with Gasteiger partial charge >= 0.3 is 0 Å². The fourth-order valence-corrected chi connectivity index (χ4v) is 1.73. The highest BCUT2D eigenvalue weighted by molar-refractivity contribution is 5.38. The van der Waals surface area contributed by atoms with E-state index in [0.29, 0.717) is 12.5 Å². The van der Waals surface area contributed by atoms with Gasteiger partial charge in [-0.25, -0.2) is 4.98 Å². The lowest BCUT2D eigenvalue weighted by atomic mass is 10.3. The molecule has 1 heterocycles. The monoisotopic (exact) mass is 281 g/mol. The molecule has 5 nitrogen and oxygen atoms in total. The standard InChI is InChI=1S/C15H27N3O2/c1-4-6-11-20-15-12-14(16-9-7-10-19-3)17-13(18-15)8-5-2/h12H,4-11H2,1-3H3,(H,16,17,18). The van der Waals surface area contributed by atoms with E-state index in [9.17, 15) is 0 Å². The molecule has 1 N–H and O–H groups in total. The molecule has 5 heteroatoms. The van der Waals surface area contributed by atoms with Crippen molar-refractivity contribution in [1.29, 1.82) is 0 Å². The number of nitrogens with zero attached hydrogens (tertiary/aromatic N) is 2. The minimum absolute atomic E-state index is 0.672. The van der Waals surface area contributed by atoms with E-state index in [-0.39, 0.29) is 0 Å². The smallest absolute Gasteiger partial charge is 0.218 e. The molecule has 0 aliphatic rings. The molecule has 20 heavy (non-hydrogen) atoms. The van der Waals surface area contributed by atoms with Crippen LogP contribution in [-0.2, 0) is 11.2 Å². The minimum Gasteiger partial charge on any atom is -0.478 e. The number of aromatic nitrogens is 2. The maximum absolute atomic E-state index is 5.69. The molecule has 0 aliphatic heterocycles. The van der Waals surface area contributed by atoms with Crippen molar-refractivity contribution in [3.63, 3.8) is 0 Å². The first-order valence-corrected chi connectivity index (χ1v) is 7.53. The summed E-state index contributed by atoms with van der Waals surface area (Å²) in [6, 6.07) is 1.88. The lowest BCUT2D eigenvalue weighted by Crippen LogP contribution is -2.09. The Bertz CT molecular complexity index is 372. The van der Waals surface area contributed by atoms with Gasteiger partial charge in [0.2, 0.25) is 5.88 Å². The normalized spacial score (nSPS) is 10.6. The summed E-state index contributed by atoms with van der Waals surface area (Å²) in [5.74, 6) is 2.35. The molecule has 0 spiro atoms. The van der Waals surface area contributed by atoms with Crippen LogP contribution < -0.4 is 10.1 Å². The number of anilines is 1. The summed E-state index contributed by atoms with van der Waals surface area (Å²) < 4.78 is 10.7. The van der Waals surface area contributed by atoms with Gasteiger partial charge in [-0.1, -0.05) is 20.3 Å². The molecule has 0 saturated heterocycles. The lowest BCUT2D eigenvalue weighted by Gasteiger charge is -2.10. The van der Waals surface area contributed by atoms with Gasteiger partial charge in [-0.15, -0.1) is 0 Å². The summed E-state index contributed by atoms with van der Waals surface area (Å²) in [4.78, 5) is 8.95. The molecule has 0 atom stereocenters. The predicted molar refractivity (Wildman–Crippen MR) is 81.4 cm³/mol. The third-order valence-electron chi connectivity index (χ3n) is 2.80. The van der Waals surface area contributed by atoms with Crippen LogP contribution in [0.2, 0.25) is 0 Å². The third kappa shape index (κ3) is 6.70. The number of ether oxygens (including phenoxy) is 2. The van der Waals surface area contributed by atoms with Crippen molar-refractivity contribution in [2.24, 2.45) is 0 Å². The Morgan fingerprint density at radius 2 is 1.95 bits per heavy atom. The van der Waals surface area contributed by atoms with Gasteiger partial charge in [-0.3, -0.25) is 0 Å². The number of methoxy groups -OCH3 is 1. The van der Waals surface area contributed by atoms with E-state index in [4.69, 9.17) is 9.47 Å². The van der Waals surface area contributed by atoms with E-state index in [2.05, 4.69) is 29.1 Å². The second kappa shape index (κ2) is 10.4. The average molecular weight is 281 g/mol. The maximum Gasteiger partial charge on any atom is 0.218 e. The number of aryl methyl sites for hydroxylation is 1. The Hall–Kier alpha value is -1.36. The van der Waals surface area contributed by atoms with Gasteiger partial charge in [0.25, 0.3) is 0 Å². The average Bonchev–Trinajstić information content (AvgIpc) is 2.44. The first-order valence-electron chi connectivity index (χ1n) is 7.53. The van der Waals surface area contributed by atoms with Crippen LogP contribution in [-0.4, -0.2) is 36.8 Å². The molecule has 114 valence electrons. The fourth-order valence-electron chi connectivity index (χ4n) is 1.73. The second-order valence-corrected chi connectivity index (χ2v) is 4.73. The van der Waals surface area contributed by atoms with Crippen molar-refractivity contribution < 1.29 is 9.47 Å². The van der Waals surface area contributed by atoms with Crippen molar-refractivity contribution in [2.45, 2.75) is 46.0 Å². The molecule has 0 bridgehead atoms. The molecule has 1 rings (SSSR count). The number of hydrogen-bond acceptors (Lipinski definition) is 5. The van der Waals surface area contributed by atoms with E-state index in [0.717, 1.165) is 56.9 Å². The molecule has 1 aromatic rings. The zero-order chi connectivity index (χ0) is 14.6. The van der Waals surface area contributed by atoms with Crippen LogP contribution in [0.1, 0.15) is 45.4 Å². The zero-order valence-corrected chi connectivity index (χ0v) is 12.9. The summed E-state index contributed by atoms with van der Waals surface area (Å²) in [5.41, 5.74) is 0. The van der Waals surface area contributed by atoms with Crippen LogP contribution in [0.3, 0.4) is 0 Å². The number of hydrogen-bond donors (Lipinski definition) is 1. The van der Waals surface area contributed by atoms with Crippen LogP contribution in [0.15, 0.2) is 6.07 Å². The molecule has 0 radical (unpaired) electrons. The van der Waals surface area contributed by atoms with Gasteiger partial charge in [0.05, 0.1) is 6.61 Å². The van der Waals surface area contributed by atoms with Crippen molar-refractivity contribution in [2.75, 3.05) is 32.2 Å². The first-order chi connectivity index (χ1) is 9.80.